The number of carbonyl (C=O) groups excluding carboxylic acids is 2. The van der Waals surface area contributed by atoms with Gasteiger partial charge in [0.1, 0.15) is 18.0 Å². The van der Waals surface area contributed by atoms with Crippen LogP contribution in [0, 0.1) is 0 Å². The van der Waals surface area contributed by atoms with Crippen LogP contribution in [0.1, 0.15) is 18.9 Å². The molecule has 0 bridgehead atoms. The first-order chi connectivity index (χ1) is 12.0. The third-order valence-electron chi connectivity index (χ3n) is 4.60. The SMILES string of the molecule is CC(=O)NC1CO[C@H]2CN(C(=O)CCc3ccccc3O)C[C@@H]2OC1. The fraction of sp³-hybridized carbons (Fsp3) is 0.556. The third-order valence-corrected chi connectivity index (χ3v) is 4.60. The van der Waals surface area contributed by atoms with Crippen molar-refractivity contribution in [2.75, 3.05) is 26.3 Å². The zero-order valence-corrected chi connectivity index (χ0v) is 14.3. The minimum Gasteiger partial charge on any atom is -0.508 e. The molecule has 2 aliphatic heterocycles. The Morgan fingerprint density at radius 3 is 2.44 bits per heavy atom. The highest BCUT2D eigenvalue weighted by Gasteiger charge is 2.39. The van der Waals surface area contributed by atoms with Crippen LogP contribution in [0.15, 0.2) is 24.3 Å². The third kappa shape index (κ3) is 4.49. The fourth-order valence-corrected chi connectivity index (χ4v) is 3.29. The minimum atomic E-state index is -0.159. The quantitative estimate of drug-likeness (QED) is 0.825. The molecular weight excluding hydrogens is 324 g/mol. The lowest BCUT2D eigenvalue weighted by molar-refractivity contribution is -0.131. The number of aryl methyl sites for hydroxylation is 1. The van der Waals surface area contributed by atoms with Crippen molar-refractivity contribution in [3.63, 3.8) is 0 Å². The summed E-state index contributed by atoms with van der Waals surface area (Å²) in [5.74, 6) is 0.143. The van der Waals surface area contributed by atoms with Crippen LogP contribution in [-0.4, -0.2) is 66.4 Å². The summed E-state index contributed by atoms with van der Waals surface area (Å²) in [7, 11) is 0. The number of amides is 2. The molecule has 2 N–H and O–H groups in total. The predicted molar refractivity (Wildman–Crippen MR) is 90.1 cm³/mol. The lowest BCUT2D eigenvalue weighted by atomic mass is 10.1. The van der Waals surface area contributed by atoms with Crippen LogP contribution in [0.5, 0.6) is 5.75 Å². The Hall–Kier alpha value is -2.12. The van der Waals surface area contributed by atoms with Crippen LogP contribution in [0.2, 0.25) is 0 Å². The number of nitrogens with zero attached hydrogens (tertiary/aromatic N) is 1. The average molecular weight is 348 g/mol. The second-order valence-corrected chi connectivity index (χ2v) is 6.57. The maximum Gasteiger partial charge on any atom is 0.223 e. The first-order valence-corrected chi connectivity index (χ1v) is 8.58. The van der Waals surface area contributed by atoms with Gasteiger partial charge in [0.2, 0.25) is 11.8 Å². The molecular formula is C18H24N2O5. The van der Waals surface area contributed by atoms with Crippen molar-refractivity contribution in [3.05, 3.63) is 29.8 Å². The van der Waals surface area contributed by atoms with Gasteiger partial charge in [-0.1, -0.05) is 18.2 Å². The molecule has 2 atom stereocenters. The summed E-state index contributed by atoms with van der Waals surface area (Å²) >= 11 is 0. The molecule has 0 spiro atoms. The summed E-state index contributed by atoms with van der Waals surface area (Å²) in [5.41, 5.74) is 0.773. The molecule has 0 aromatic heterocycles. The molecule has 2 heterocycles. The summed E-state index contributed by atoms with van der Waals surface area (Å²) in [4.78, 5) is 25.3. The largest absolute Gasteiger partial charge is 0.508 e. The number of para-hydroxylation sites is 1. The van der Waals surface area contributed by atoms with Crippen molar-refractivity contribution in [1.29, 1.82) is 0 Å². The molecule has 0 radical (unpaired) electrons. The number of phenolic OH excluding ortho intramolecular Hbond substituents is 1. The molecule has 1 aromatic carbocycles. The molecule has 1 aromatic rings. The van der Waals surface area contributed by atoms with Crippen LogP contribution in [0.25, 0.3) is 0 Å². The number of fused-ring (bicyclic) bond motifs is 1. The lowest BCUT2D eigenvalue weighted by Crippen LogP contribution is -2.40. The maximum absolute atomic E-state index is 12.4. The molecule has 0 aliphatic carbocycles. The van der Waals surface area contributed by atoms with E-state index in [1.54, 1.807) is 17.0 Å². The van der Waals surface area contributed by atoms with Crippen molar-refractivity contribution in [1.82, 2.24) is 10.2 Å². The molecule has 0 unspecified atom stereocenters. The van der Waals surface area contributed by atoms with Gasteiger partial charge in [0.25, 0.3) is 0 Å². The number of hydrogen-bond acceptors (Lipinski definition) is 5. The van der Waals surface area contributed by atoms with Gasteiger partial charge in [0.05, 0.1) is 19.3 Å². The Bertz CT molecular complexity index is 620. The van der Waals surface area contributed by atoms with E-state index in [4.69, 9.17) is 9.47 Å². The number of carbonyl (C=O) groups is 2. The van der Waals surface area contributed by atoms with Crippen molar-refractivity contribution in [3.8, 4) is 5.75 Å². The molecule has 3 rings (SSSR count). The van der Waals surface area contributed by atoms with E-state index < -0.39 is 0 Å². The van der Waals surface area contributed by atoms with E-state index in [1.807, 2.05) is 12.1 Å². The van der Waals surface area contributed by atoms with E-state index in [9.17, 15) is 14.7 Å². The van der Waals surface area contributed by atoms with Crippen LogP contribution >= 0.6 is 0 Å². The minimum absolute atomic E-state index is 0.0296. The molecule has 25 heavy (non-hydrogen) atoms. The Morgan fingerprint density at radius 2 is 1.84 bits per heavy atom. The molecule has 7 heteroatoms. The van der Waals surface area contributed by atoms with Crippen molar-refractivity contribution in [2.45, 2.75) is 38.0 Å². The van der Waals surface area contributed by atoms with E-state index in [2.05, 4.69) is 5.32 Å². The number of ether oxygens (including phenoxy) is 2. The Balaban J connectivity index is 1.49. The second kappa shape index (κ2) is 7.84. The average Bonchev–Trinajstić information content (AvgIpc) is 2.90. The van der Waals surface area contributed by atoms with Crippen LogP contribution < -0.4 is 5.32 Å². The maximum atomic E-state index is 12.4. The highest BCUT2D eigenvalue weighted by Crippen LogP contribution is 2.22. The monoisotopic (exact) mass is 348 g/mol. The highest BCUT2D eigenvalue weighted by molar-refractivity contribution is 5.77. The summed E-state index contributed by atoms with van der Waals surface area (Å²) in [6, 6.07) is 6.91. The molecule has 7 nitrogen and oxygen atoms in total. The number of likely N-dealkylation sites (tertiary alicyclic amines) is 1. The van der Waals surface area contributed by atoms with Gasteiger partial charge in [-0.2, -0.15) is 0 Å². The van der Waals surface area contributed by atoms with Gasteiger partial charge < -0.3 is 24.8 Å². The summed E-state index contributed by atoms with van der Waals surface area (Å²) in [6.07, 6.45) is 0.524. The van der Waals surface area contributed by atoms with Gasteiger partial charge >= 0.3 is 0 Å². The smallest absolute Gasteiger partial charge is 0.223 e. The van der Waals surface area contributed by atoms with E-state index in [0.29, 0.717) is 39.1 Å². The second-order valence-electron chi connectivity index (χ2n) is 6.57. The Labute approximate surface area is 146 Å². The van der Waals surface area contributed by atoms with Crippen molar-refractivity contribution >= 4 is 11.8 Å². The summed E-state index contributed by atoms with van der Waals surface area (Å²) in [5, 5.41) is 12.6. The fourth-order valence-electron chi connectivity index (χ4n) is 3.29. The van der Waals surface area contributed by atoms with Gasteiger partial charge in [-0.15, -0.1) is 0 Å². The standard InChI is InChI=1S/C18H24N2O5/c1-12(21)19-14-10-24-16-8-20(9-17(16)25-11-14)18(23)7-6-13-4-2-3-5-15(13)22/h2-5,14,16-17,22H,6-11H2,1H3,(H,19,21)/t16-,17-/m0/s1. The molecule has 2 saturated heterocycles. The Kier molecular flexibility index (Phi) is 5.55. The number of hydrogen-bond donors (Lipinski definition) is 2. The van der Waals surface area contributed by atoms with Gasteiger partial charge in [0.15, 0.2) is 0 Å². The van der Waals surface area contributed by atoms with E-state index in [1.165, 1.54) is 6.92 Å². The van der Waals surface area contributed by atoms with E-state index in [-0.39, 0.29) is 35.8 Å². The van der Waals surface area contributed by atoms with Crippen molar-refractivity contribution < 1.29 is 24.2 Å². The highest BCUT2D eigenvalue weighted by atomic mass is 16.6. The van der Waals surface area contributed by atoms with E-state index in [0.717, 1.165) is 5.56 Å². The number of aromatic hydroxyl groups is 1. The van der Waals surface area contributed by atoms with Gasteiger partial charge in [0, 0.05) is 26.4 Å². The summed E-state index contributed by atoms with van der Waals surface area (Å²) in [6.45, 7) is 3.24. The number of benzene rings is 1. The zero-order valence-electron chi connectivity index (χ0n) is 14.3. The van der Waals surface area contributed by atoms with Gasteiger partial charge in [-0.25, -0.2) is 0 Å². The first-order valence-electron chi connectivity index (χ1n) is 8.58. The van der Waals surface area contributed by atoms with Crippen LogP contribution in [0.3, 0.4) is 0 Å². The van der Waals surface area contributed by atoms with E-state index >= 15 is 0 Å². The Morgan fingerprint density at radius 1 is 1.20 bits per heavy atom. The van der Waals surface area contributed by atoms with Crippen LogP contribution in [0.4, 0.5) is 0 Å². The summed E-state index contributed by atoms with van der Waals surface area (Å²) < 4.78 is 11.7. The number of rotatable bonds is 4. The first kappa shape index (κ1) is 17.7. The lowest BCUT2D eigenvalue weighted by Gasteiger charge is -2.19. The van der Waals surface area contributed by atoms with Crippen molar-refractivity contribution in [2.24, 2.45) is 0 Å². The number of nitrogens with one attached hydrogen (secondary N) is 1. The molecule has 2 fully saturated rings. The van der Waals surface area contributed by atoms with Gasteiger partial charge in [-0.3, -0.25) is 9.59 Å². The molecule has 0 saturated carbocycles. The normalized spacial score (nSPS) is 23.8. The molecule has 2 amide bonds. The topological polar surface area (TPSA) is 88.1 Å². The molecule has 2 aliphatic rings. The molecule has 136 valence electrons. The predicted octanol–water partition coefficient (Wildman–Crippen LogP) is 0.456. The zero-order chi connectivity index (χ0) is 17.8. The van der Waals surface area contributed by atoms with Crippen LogP contribution in [-0.2, 0) is 25.5 Å². The number of phenols is 1. The van der Waals surface area contributed by atoms with Gasteiger partial charge in [-0.05, 0) is 18.1 Å².